The van der Waals surface area contributed by atoms with Gasteiger partial charge < -0.3 is 9.80 Å². The first-order valence-corrected chi connectivity index (χ1v) is 21.6. The highest BCUT2D eigenvalue weighted by atomic mass is 79.9. The second-order valence-corrected chi connectivity index (χ2v) is 18.6. The third-order valence-electron chi connectivity index (χ3n) is 14.6. The van der Waals surface area contributed by atoms with Gasteiger partial charge in [-0.2, -0.15) is 4.98 Å². The van der Waals surface area contributed by atoms with Crippen molar-refractivity contribution in [3.8, 4) is 5.69 Å². The fourth-order valence-corrected chi connectivity index (χ4v) is 12.3. The Kier molecular flexibility index (Phi) is 9.00. The third kappa shape index (κ3) is 5.96. The number of nitrogens with one attached hydrogen (secondary N) is 1. The minimum absolute atomic E-state index is 0.0799. The summed E-state index contributed by atoms with van der Waals surface area (Å²) in [5, 5.41) is 2.86. The molecule has 2 aliphatic carbocycles. The van der Waals surface area contributed by atoms with Gasteiger partial charge in [-0.3, -0.25) is 24.3 Å². The van der Waals surface area contributed by atoms with E-state index in [1.165, 1.54) is 48.2 Å². The van der Waals surface area contributed by atoms with Crippen molar-refractivity contribution < 1.29 is 18.4 Å². The first-order valence-electron chi connectivity index (χ1n) is 20.8. The molecule has 5 fully saturated rings. The lowest BCUT2D eigenvalue weighted by Gasteiger charge is -2.54. The number of benzene rings is 3. The number of nitrogens with zero attached hydrogens (tertiary/aromatic N) is 4. The number of fused-ring (bicyclic) bond motifs is 7. The lowest BCUT2D eigenvalue weighted by Crippen LogP contribution is -2.50. The minimum Gasteiger partial charge on any atom is -0.371 e. The van der Waals surface area contributed by atoms with Crippen LogP contribution in [0.5, 0.6) is 0 Å². The number of piperidine rings is 3. The Morgan fingerprint density at radius 3 is 2.30 bits per heavy atom. The van der Waals surface area contributed by atoms with Crippen LogP contribution in [0.15, 0.2) is 57.8 Å². The highest BCUT2D eigenvalue weighted by molar-refractivity contribution is 9.10. The number of hydrogen-bond acceptors (Lipinski definition) is 6. The number of halogens is 3. The van der Waals surface area contributed by atoms with Gasteiger partial charge in [-0.1, -0.05) is 37.5 Å². The first-order chi connectivity index (χ1) is 27.1. The number of hydrogen-bond donors (Lipinski definition) is 1. The van der Waals surface area contributed by atoms with E-state index in [-0.39, 0.29) is 29.4 Å². The van der Waals surface area contributed by atoms with E-state index in [2.05, 4.69) is 59.9 Å². The molecule has 11 heteroatoms. The van der Waals surface area contributed by atoms with E-state index in [4.69, 9.17) is 4.98 Å². The topological polar surface area (TPSA) is 87.5 Å². The molecule has 3 aromatic carbocycles. The Labute approximate surface area is 334 Å². The molecule has 1 atom stereocenters. The van der Waals surface area contributed by atoms with E-state index in [0.717, 1.165) is 99.9 Å². The van der Waals surface area contributed by atoms with E-state index in [1.807, 2.05) is 12.1 Å². The first kappa shape index (κ1) is 36.4. The number of imide groups is 1. The predicted octanol–water partition coefficient (Wildman–Crippen LogP) is 8.39. The van der Waals surface area contributed by atoms with Crippen molar-refractivity contribution in [3.63, 3.8) is 0 Å². The summed E-state index contributed by atoms with van der Waals surface area (Å²) in [6.45, 7) is 4.85. The van der Waals surface area contributed by atoms with E-state index < -0.39 is 29.4 Å². The van der Waals surface area contributed by atoms with Crippen LogP contribution < -0.4 is 15.8 Å². The lowest BCUT2D eigenvalue weighted by atomic mass is 9.57. The third-order valence-corrected chi connectivity index (χ3v) is 15.3. The molecule has 6 aliphatic rings. The van der Waals surface area contributed by atoms with E-state index in [9.17, 15) is 14.4 Å². The number of carbonyl (C=O) groups is 2. The van der Waals surface area contributed by atoms with Gasteiger partial charge in [0.15, 0.2) is 0 Å². The van der Waals surface area contributed by atoms with Crippen molar-refractivity contribution in [1.82, 2.24) is 19.8 Å². The number of likely N-dealkylation sites (tertiary alicyclic amines) is 1. The normalized spacial score (nSPS) is 23.7. The highest BCUT2D eigenvalue weighted by Crippen LogP contribution is 2.54. The molecule has 0 radical (unpaired) electrons. The molecule has 4 aliphatic heterocycles. The van der Waals surface area contributed by atoms with Crippen LogP contribution in [0, 0.1) is 23.0 Å². The molecule has 56 heavy (non-hydrogen) atoms. The molecule has 10 rings (SSSR count). The average molecular weight is 825 g/mol. The summed E-state index contributed by atoms with van der Waals surface area (Å²) in [5.41, 5.74) is 5.16. The smallest absolute Gasteiger partial charge is 0.281 e. The van der Waals surface area contributed by atoms with E-state index in [1.54, 1.807) is 0 Å². The number of anilines is 1. The molecule has 292 valence electrons. The van der Waals surface area contributed by atoms with Gasteiger partial charge in [0.05, 0.1) is 27.9 Å². The zero-order valence-electron chi connectivity index (χ0n) is 31.7. The summed E-state index contributed by atoms with van der Waals surface area (Å²) in [5.74, 6) is -1.32. The summed E-state index contributed by atoms with van der Waals surface area (Å²) < 4.78 is 33.6. The molecule has 5 heterocycles. The van der Waals surface area contributed by atoms with Crippen molar-refractivity contribution in [3.05, 3.63) is 97.5 Å². The fraction of sp³-hybridized carbons (Fsp3) is 0.511. The zero-order chi connectivity index (χ0) is 38.3. The van der Waals surface area contributed by atoms with E-state index in [0.29, 0.717) is 28.3 Å². The predicted molar refractivity (Wildman–Crippen MR) is 215 cm³/mol. The number of carbonyl (C=O) groups excluding carboxylic acids is 2. The summed E-state index contributed by atoms with van der Waals surface area (Å²) in [4.78, 5) is 46.8. The Morgan fingerprint density at radius 2 is 1.59 bits per heavy atom. The summed E-state index contributed by atoms with van der Waals surface area (Å²) >= 11 is 3.64. The van der Waals surface area contributed by atoms with E-state index >= 15 is 8.78 Å². The quantitative estimate of drug-likeness (QED) is 0.204. The van der Waals surface area contributed by atoms with Crippen molar-refractivity contribution in [2.45, 2.75) is 101 Å². The van der Waals surface area contributed by atoms with Crippen molar-refractivity contribution >= 4 is 44.3 Å². The summed E-state index contributed by atoms with van der Waals surface area (Å²) in [6, 6.07) is 15.9. The molecule has 4 aromatic rings. The Morgan fingerprint density at radius 1 is 0.857 bits per heavy atom. The monoisotopic (exact) mass is 823 g/mol. The van der Waals surface area contributed by atoms with Crippen molar-refractivity contribution in [1.29, 1.82) is 0 Å². The second-order valence-electron chi connectivity index (χ2n) is 17.8. The standard InChI is InChI=1S/C45H48BrF2N5O3/c46-33-5-4-6-36-40(33)42(56)50-43-45(13-2-1-3-14-45)32-9-7-29(21-37(32)53(36)43)28-11-17-51(18-12-28)26-27-24-44(25-27)15-19-52(20-16-44)30-22-34(47)39(35(48)23-30)31-8-10-38(54)49-41(31)55/h4-7,9,21-23,27-28,31H,1-3,8,10-20,24-26H2,(H,49,54,55). The molecular weight excluding hydrogens is 776 g/mol. The SMILES string of the molecule is O=C1CCC(c2c(F)cc(N3CCC4(CC3)CC(CN3CCC(c5ccc6c(c5)-n5c(nc(=O)c7c(Br)cccc75)C65CCCCC5)CC3)C4)cc2F)C(=O)N1. The van der Waals surface area contributed by atoms with Gasteiger partial charge in [-0.15, -0.1) is 0 Å². The largest absolute Gasteiger partial charge is 0.371 e. The molecule has 2 spiro atoms. The van der Waals surface area contributed by atoms with Gasteiger partial charge in [0, 0.05) is 41.8 Å². The van der Waals surface area contributed by atoms with Crippen LogP contribution in [0.25, 0.3) is 16.6 Å². The molecular formula is C45H48BrF2N5O3. The van der Waals surface area contributed by atoms with Crippen molar-refractivity contribution in [2.24, 2.45) is 11.3 Å². The fourth-order valence-electron chi connectivity index (χ4n) is 11.8. The Balaban J connectivity index is 0.767. The number of rotatable bonds is 5. The van der Waals surface area contributed by atoms with Gasteiger partial charge in [0.2, 0.25) is 11.8 Å². The minimum atomic E-state index is -0.980. The molecule has 3 saturated heterocycles. The maximum Gasteiger partial charge on any atom is 0.281 e. The number of aromatic nitrogens is 2. The molecule has 2 amide bonds. The van der Waals surface area contributed by atoms with Crippen molar-refractivity contribution in [2.75, 3.05) is 37.6 Å². The van der Waals surface area contributed by atoms with Gasteiger partial charge in [0.25, 0.3) is 5.56 Å². The van der Waals surface area contributed by atoms with Gasteiger partial charge in [0.1, 0.15) is 17.5 Å². The maximum absolute atomic E-state index is 15.2. The molecule has 2 saturated carbocycles. The van der Waals surface area contributed by atoms with Gasteiger partial charge in [-0.05, 0) is 146 Å². The Bertz CT molecular complexity index is 2290. The Hall–Kier alpha value is -3.96. The molecule has 0 bridgehead atoms. The van der Waals surface area contributed by atoms with Crippen LogP contribution in [-0.4, -0.2) is 59.0 Å². The van der Waals surface area contributed by atoms with Gasteiger partial charge >= 0.3 is 0 Å². The summed E-state index contributed by atoms with van der Waals surface area (Å²) in [7, 11) is 0. The molecule has 1 unspecified atom stereocenters. The van der Waals surface area contributed by atoms with Crippen LogP contribution >= 0.6 is 15.9 Å². The lowest BCUT2D eigenvalue weighted by molar-refractivity contribution is -0.134. The molecule has 1 aromatic heterocycles. The second kappa shape index (κ2) is 13.9. The number of amides is 2. The average Bonchev–Trinajstić information content (AvgIpc) is 3.43. The van der Waals surface area contributed by atoms with Gasteiger partial charge in [-0.25, -0.2) is 8.78 Å². The zero-order valence-corrected chi connectivity index (χ0v) is 33.3. The molecule has 1 N–H and O–H groups in total. The summed E-state index contributed by atoms with van der Waals surface area (Å²) in [6.07, 6.45) is 12.5. The maximum atomic E-state index is 15.2. The van der Waals surface area contributed by atoms with Crippen LogP contribution in [0.4, 0.5) is 14.5 Å². The molecule has 8 nitrogen and oxygen atoms in total. The highest BCUT2D eigenvalue weighted by Gasteiger charge is 2.48. The van der Waals surface area contributed by atoms with Crippen LogP contribution in [-0.2, 0) is 15.0 Å². The van der Waals surface area contributed by atoms with Crippen LogP contribution in [0.2, 0.25) is 0 Å². The van der Waals surface area contributed by atoms with Crippen LogP contribution in [0.3, 0.4) is 0 Å². The van der Waals surface area contributed by atoms with Crippen LogP contribution in [0.1, 0.15) is 118 Å².